The van der Waals surface area contributed by atoms with Gasteiger partial charge in [0.25, 0.3) is 0 Å². The van der Waals surface area contributed by atoms with Gasteiger partial charge in [-0.25, -0.2) is 0 Å². The van der Waals surface area contributed by atoms with Crippen molar-refractivity contribution in [1.82, 2.24) is 5.32 Å². The number of hydrogen-bond acceptors (Lipinski definition) is 4. The van der Waals surface area contributed by atoms with Crippen molar-refractivity contribution in [2.75, 3.05) is 20.8 Å². The number of carbonyl (C=O) groups excluding carboxylic acids is 1. The Kier molecular flexibility index (Phi) is 6.76. The second-order valence-electron chi connectivity index (χ2n) is 2.66. The highest BCUT2D eigenvalue weighted by molar-refractivity contribution is 5.81. The van der Waals surface area contributed by atoms with E-state index in [2.05, 4.69) is 11.2 Å². The number of rotatable bonds is 6. The molecule has 1 atom stereocenters. The molecular weight excluding hydrogens is 184 g/mol. The van der Waals surface area contributed by atoms with Crippen LogP contribution >= 0.6 is 0 Å². The quantitative estimate of drug-likeness (QED) is 0.429. The lowest BCUT2D eigenvalue weighted by molar-refractivity contribution is -0.128. The van der Waals surface area contributed by atoms with Crippen molar-refractivity contribution in [3.05, 3.63) is 0 Å². The van der Waals surface area contributed by atoms with Crippen molar-refractivity contribution in [1.29, 1.82) is 0 Å². The van der Waals surface area contributed by atoms with E-state index in [1.165, 1.54) is 14.2 Å². The van der Waals surface area contributed by atoms with Crippen LogP contribution in [0.2, 0.25) is 0 Å². The summed E-state index contributed by atoms with van der Waals surface area (Å²) in [4.78, 5) is 11.2. The normalized spacial score (nSPS) is 12.2. The molecule has 0 bridgehead atoms. The number of hydrogen-bond donors (Lipinski definition) is 2. The SMILES string of the molecule is C#CCC(N)C(=O)NCC(OC)OC. The fourth-order valence-corrected chi connectivity index (χ4v) is 0.798. The monoisotopic (exact) mass is 200 g/mol. The summed E-state index contributed by atoms with van der Waals surface area (Å²) in [5, 5.41) is 2.56. The number of amides is 1. The minimum Gasteiger partial charge on any atom is -0.354 e. The molecule has 5 heteroatoms. The van der Waals surface area contributed by atoms with Gasteiger partial charge in [-0.05, 0) is 0 Å². The van der Waals surface area contributed by atoms with Crippen molar-refractivity contribution >= 4 is 5.91 Å². The van der Waals surface area contributed by atoms with Gasteiger partial charge in [0.1, 0.15) is 0 Å². The maximum atomic E-state index is 11.2. The average molecular weight is 200 g/mol. The molecule has 0 aliphatic carbocycles. The van der Waals surface area contributed by atoms with Crippen LogP contribution in [-0.2, 0) is 14.3 Å². The second kappa shape index (κ2) is 7.33. The standard InChI is InChI=1S/C9H16N2O3/c1-4-5-7(10)9(12)11-6-8(13-2)14-3/h1,7-8H,5-6,10H2,2-3H3,(H,11,12). The molecule has 0 aromatic rings. The van der Waals surface area contributed by atoms with Gasteiger partial charge in [-0.1, -0.05) is 0 Å². The van der Waals surface area contributed by atoms with E-state index in [0.29, 0.717) is 0 Å². The molecule has 14 heavy (non-hydrogen) atoms. The molecule has 80 valence electrons. The Hall–Kier alpha value is -1.09. The van der Waals surface area contributed by atoms with E-state index in [-0.39, 0.29) is 18.9 Å². The van der Waals surface area contributed by atoms with E-state index in [0.717, 1.165) is 0 Å². The van der Waals surface area contributed by atoms with Gasteiger partial charge in [0.05, 0.1) is 12.6 Å². The zero-order valence-electron chi connectivity index (χ0n) is 8.45. The van der Waals surface area contributed by atoms with E-state index in [1.807, 2.05) is 0 Å². The Balaban J connectivity index is 3.78. The third-order valence-corrected chi connectivity index (χ3v) is 1.64. The predicted octanol–water partition coefficient (Wildman–Crippen LogP) is -0.928. The minimum atomic E-state index is -0.672. The Morgan fingerprint density at radius 3 is 2.57 bits per heavy atom. The number of nitrogens with two attached hydrogens (primary N) is 1. The molecule has 0 saturated carbocycles. The van der Waals surface area contributed by atoms with Crippen molar-refractivity contribution in [3.63, 3.8) is 0 Å². The highest BCUT2D eigenvalue weighted by Crippen LogP contribution is 1.90. The van der Waals surface area contributed by atoms with Crippen molar-refractivity contribution in [2.24, 2.45) is 5.73 Å². The largest absolute Gasteiger partial charge is 0.354 e. The van der Waals surface area contributed by atoms with Crippen LogP contribution in [0, 0.1) is 12.3 Å². The first-order valence-electron chi connectivity index (χ1n) is 4.18. The number of carbonyl (C=O) groups is 1. The molecule has 0 aliphatic heterocycles. The number of terminal acetylenes is 1. The van der Waals surface area contributed by atoms with Crippen LogP contribution in [0.15, 0.2) is 0 Å². The van der Waals surface area contributed by atoms with E-state index in [4.69, 9.17) is 21.6 Å². The lowest BCUT2D eigenvalue weighted by Crippen LogP contribution is -2.43. The Morgan fingerprint density at radius 1 is 1.57 bits per heavy atom. The van der Waals surface area contributed by atoms with E-state index in [9.17, 15) is 4.79 Å². The molecule has 0 aromatic heterocycles. The van der Waals surface area contributed by atoms with Gasteiger partial charge in [-0.3, -0.25) is 4.79 Å². The summed E-state index contributed by atoms with van der Waals surface area (Å²) >= 11 is 0. The molecule has 0 fully saturated rings. The molecule has 0 saturated heterocycles. The van der Waals surface area contributed by atoms with Crippen LogP contribution in [0.4, 0.5) is 0 Å². The molecular formula is C9H16N2O3. The van der Waals surface area contributed by atoms with Crippen molar-refractivity contribution in [3.8, 4) is 12.3 Å². The Labute approximate surface area is 83.9 Å². The number of nitrogens with one attached hydrogen (secondary N) is 1. The summed E-state index contributed by atoms with van der Waals surface area (Å²) in [6.45, 7) is 0.254. The summed E-state index contributed by atoms with van der Waals surface area (Å²) in [6.07, 6.45) is 4.77. The van der Waals surface area contributed by atoms with Gasteiger partial charge in [0, 0.05) is 20.6 Å². The molecule has 1 amide bonds. The molecule has 0 rings (SSSR count). The van der Waals surface area contributed by atoms with Crippen molar-refractivity contribution in [2.45, 2.75) is 18.8 Å². The number of ether oxygens (including phenoxy) is 2. The van der Waals surface area contributed by atoms with Gasteiger partial charge >= 0.3 is 0 Å². The fourth-order valence-electron chi connectivity index (χ4n) is 0.798. The van der Waals surface area contributed by atoms with Gasteiger partial charge < -0.3 is 20.5 Å². The van der Waals surface area contributed by atoms with Crippen LogP contribution in [0.25, 0.3) is 0 Å². The highest BCUT2D eigenvalue weighted by atomic mass is 16.7. The molecule has 3 N–H and O–H groups in total. The maximum Gasteiger partial charge on any atom is 0.238 e. The molecule has 0 aliphatic rings. The molecule has 0 heterocycles. The lowest BCUT2D eigenvalue weighted by atomic mass is 10.2. The zero-order chi connectivity index (χ0) is 11.0. The summed E-state index contributed by atoms with van der Waals surface area (Å²) in [6, 6.07) is -0.672. The number of methoxy groups -OCH3 is 2. The molecule has 0 spiro atoms. The third kappa shape index (κ3) is 4.82. The molecule has 0 aromatic carbocycles. The highest BCUT2D eigenvalue weighted by Gasteiger charge is 2.13. The van der Waals surface area contributed by atoms with E-state index < -0.39 is 12.3 Å². The minimum absolute atomic E-state index is 0.219. The maximum absolute atomic E-state index is 11.2. The van der Waals surface area contributed by atoms with E-state index in [1.54, 1.807) is 0 Å². The van der Waals surface area contributed by atoms with Crippen LogP contribution in [0.1, 0.15) is 6.42 Å². The van der Waals surface area contributed by atoms with Gasteiger partial charge in [-0.15, -0.1) is 12.3 Å². The summed E-state index contributed by atoms with van der Waals surface area (Å²) in [7, 11) is 2.98. The molecule has 1 unspecified atom stereocenters. The third-order valence-electron chi connectivity index (χ3n) is 1.64. The molecule has 5 nitrogen and oxygen atoms in total. The predicted molar refractivity (Wildman–Crippen MR) is 52.2 cm³/mol. The summed E-state index contributed by atoms with van der Waals surface area (Å²) in [5.41, 5.74) is 5.46. The first-order valence-corrected chi connectivity index (χ1v) is 4.18. The van der Waals surface area contributed by atoms with Crippen LogP contribution in [0.3, 0.4) is 0 Å². The van der Waals surface area contributed by atoms with Crippen LogP contribution < -0.4 is 11.1 Å². The Morgan fingerprint density at radius 2 is 2.14 bits per heavy atom. The second-order valence-corrected chi connectivity index (χ2v) is 2.66. The van der Waals surface area contributed by atoms with Crippen molar-refractivity contribution < 1.29 is 14.3 Å². The fraction of sp³-hybridized carbons (Fsp3) is 0.667. The first kappa shape index (κ1) is 12.9. The lowest BCUT2D eigenvalue weighted by Gasteiger charge is -2.15. The van der Waals surface area contributed by atoms with Gasteiger partial charge in [0.2, 0.25) is 5.91 Å². The topological polar surface area (TPSA) is 73.6 Å². The van der Waals surface area contributed by atoms with Gasteiger partial charge in [0.15, 0.2) is 6.29 Å². The summed E-state index contributed by atoms with van der Waals surface area (Å²) in [5.74, 6) is 2.01. The average Bonchev–Trinajstić information content (AvgIpc) is 2.19. The zero-order valence-corrected chi connectivity index (χ0v) is 8.45. The Bertz CT molecular complexity index is 209. The van der Waals surface area contributed by atoms with Crippen LogP contribution in [-0.4, -0.2) is 39.0 Å². The first-order chi connectivity index (χ1) is 6.65. The van der Waals surface area contributed by atoms with E-state index >= 15 is 0 Å². The summed E-state index contributed by atoms with van der Waals surface area (Å²) < 4.78 is 9.74. The van der Waals surface area contributed by atoms with Crippen LogP contribution in [0.5, 0.6) is 0 Å². The smallest absolute Gasteiger partial charge is 0.238 e. The van der Waals surface area contributed by atoms with Gasteiger partial charge in [-0.2, -0.15) is 0 Å². The molecule has 0 radical (unpaired) electrons.